The van der Waals surface area contributed by atoms with Gasteiger partial charge < -0.3 is 4.90 Å². The molecule has 2 atom stereocenters. The van der Waals surface area contributed by atoms with Crippen LogP contribution in [0, 0.1) is 12.8 Å². The number of piperidine rings is 1. The van der Waals surface area contributed by atoms with Gasteiger partial charge >= 0.3 is 0 Å². The molecule has 0 radical (unpaired) electrons. The molecule has 7 nitrogen and oxygen atoms in total. The summed E-state index contributed by atoms with van der Waals surface area (Å²) in [5, 5.41) is 4.36. The Kier molecular flexibility index (Phi) is 4.08. The van der Waals surface area contributed by atoms with Crippen LogP contribution in [0.3, 0.4) is 0 Å². The lowest BCUT2D eigenvalue weighted by molar-refractivity contribution is 0.0666. The zero-order valence-corrected chi connectivity index (χ0v) is 16.6. The Morgan fingerprint density at radius 2 is 2.14 bits per heavy atom. The minimum absolute atomic E-state index is 0.0767. The van der Waals surface area contributed by atoms with Gasteiger partial charge in [-0.2, -0.15) is 10.1 Å². The summed E-state index contributed by atoms with van der Waals surface area (Å²) in [5.74, 6) is 1.33. The van der Waals surface area contributed by atoms with Crippen LogP contribution >= 0.6 is 11.3 Å². The second kappa shape index (κ2) is 6.63. The van der Waals surface area contributed by atoms with Crippen molar-refractivity contribution in [2.75, 3.05) is 13.1 Å². The molecule has 1 fully saturated rings. The summed E-state index contributed by atoms with van der Waals surface area (Å²) in [4.78, 5) is 28.1. The highest BCUT2D eigenvalue weighted by atomic mass is 32.1. The molecule has 0 spiro atoms. The van der Waals surface area contributed by atoms with Gasteiger partial charge in [0.1, 0.15) is 6.33 Å². The molecule has 0 unspecified atom stereocenters. The number of fused-ring (bicyclic) bond motifs is 2. The van der Waals surface area contributed by atoms with Crippen molar-refractivity contribution < 1.29 is 4.79 Å². The number of aromatic nitrogens is 5. The molecule has 1 amide bonds. The maximum atomic E-state index is 13.2. The molecular formula is C20H20N6OS. The van der Waals surface area contributed by atoms with Gasteiger partial charge in [0.15, 0.2) is 0 Å². The molecule has 28 heavy (non-hydrogen) atoms. The molecule has 0 bridgehead atoms. The molecule has 4 aromatic rings. The highest BCUT2D eigenvalue weighted by molar-refractivity contribution is 7.16. The first-order valence-electron chi connectivity index (χ1n) is 9.40. The molecule has 0 N–H and O–H groups in total. The Bertz CT molecular complexity index is 1180. The van der Waals surface area contributed by atoms with Crippen molar-refractivity contribution in [3.63, 3.8) is 0 Å². The summed E-state index contributed by atoms with van der Waals surface area (Å²) in [6.45, 7) is 5.65. The monoisotopic (exact) mass is 392 g/mol. The fraction of sp³-hybridized carbons (Fsp3) is 0.350. The van der Waals surface area contributed by atoms with E-state index in [2.05, 4.69) is 33.0 Å². The zero-order chi connectivity index (χ0) is 19.3. The van der Waals surface area contributed by atoms with E-state index in [0.717, 1.165) is 40.1 Å². The number of benzene rings is 1. The largest absolute Gasteiger partial charge is 0.338 e. The second-order valence-corrected chi connectivity index (χ2v) is 8.34. The molecular weight excluding hydrogens is 372 g/mol. The van der Waals surface area contributed by atoms with E-state index >= 15 is 0 Å². The van der Waals surface area contributed by atoms with E-state index in [1.807, 2.05) is 40.0 Å². The topological polar surface area (TPSA) is 76.3 Å². The maximum Gasteiger partial charge on any atom is 0.253 e. The molecule has 1 saturated heterocycles. The lowest BCUT2D eigenvalue weighted by Gasteiger charge is -2.37. The van der Waals surface area contributed by atoms with Gasteiger partial charge in [0.05, 0.1) is 21.4 Å². The molecule has 5 rings (SSSR count). The summed E-state index contributed by atoms with van der Waals surface area (Å²) in [7, 11) is 0. The van der Waals surface area contributed by atoms with Crippen LogP contribution < -0.4 is 0 Å². The van der Waals surface area contributed by atoms with Gasteiger partial charge in [-0.25, -0.2) is 14.5 Å². The number of thiazole rings is 1. The Hall–Kier alpha value is -2.87. The number of nitrogens with zero attached hydrogens (tertiary/aromatic N) is 6. The number of likely N-dealkylation sites (tertiary alicyclic amines) is 1. The first kappa shape index (κ1) is 17.2. The standard InChI is InChI=1S/C20H20N6OS/c1-12-5-6-25(19(27)14-3-4-16-18(8-14)28-11-22-16)9-15(12)17-7-13(2)24-20-21-10-23-26(17)20/h3-4,7-8,10-12,15H,5-6,9H2,1-2H3/t12-,15-/m0/s1. The van der Waals surface area contributed by atoms with Crippen LogP contribution in [0.1, 0.15) is 41.0 Å². The van der Waals surface area contributed by atoms with E-state index in [1.165, 1.54) is 6.33 Å². The zero-order valence-electron chi connectivity index (χ0n) is 15.7. The van der Waals surface area contributed by atoms with Crippen molar-refractivity contribution in [1.82, 2.24) is 29.5 Å². The van der Waals surface area contributed by atoms with Crippen LogP contribution in [0.5, 0.6) is 0 Å². The Labute approximate surface area is 166 Å². The lowest BCUT2D eigenvalue weighted by Crippen LogP contribution is -2.42. The van der Waals surface area contributed by atoms with Crippen LogP contribution in [-0.4, -0.2) is 48.5 Å². The smallest absolute Gasteiger partial charge is 0.253 e. The number of rotatable bonds is 2. The van der Waals surface area contributed by atoms with Crippen molar-refractivity contribution in [3.05, 3.63) is 53.1 Å². The maximum absolute atomic E-state index is 13.2. The van der Waals surface area contributed by atoms with E-state index in [-0.39, 0.29) is 11.8 Å². The van der Waals surface area contributed by atoms with Crippen molar-refractivity contribution in [1.29, 1.82) is 0 Å². The first-order chi connectivity index (χ1) is 13.6. The van der Waals surface area contributed by atoms with Gasteiger partial charge in [0.2, 0.25) is 0 Å². The molecule has 4 heterocycles. The van der Waals surface area contributed by atoms with Crippen LogP contribution in [0.2, 0.25) is 0 Å². The Balaban J connectivity index is 1.47. The molecule has 0 saturated carbocycles. The summed E-state index contributed by atoms with van der Waals surface area (Å²) in [6.07, 6.45) is 2.49. The summed E-state index contributed by atoms with van der Waals surface area (Å²) >= 11 is 1.56. The third kappa shape index (κ3) is 2.84. The number of aryl methyl sites for hydroxylation is 1. The highest BCUT2D eigenvalue weighted by Crippen LogP contribution is 2.33. The Morgan fingerprint density at radius 1 is 1.25 bits per heavy atom. The molecule has 0 aliphatic carbocycles. The first-order valence-corrected chi connectivity index (χ1v) is 10.3. The molecule has 1 aliphatic rings. The average Bonchev–Trinajstić information content (AvgIpc) is 3.35. The van der Waals surface area contributed by atoms with E-state index in [9.17, 15) is 4.79 Å². The number of amides is 1. The molecule has 3 aromatic heterocycles. The third-order valence-electron chi connectivity index (χ3n) is 5.61. The van der Waals surface area contributed by atoms with Gasteiger partial charge in [-0.15, -0.1) is 11.3 Å². The van der Waals surface area contributed by atoms with Crippen molar-refractivity contribution in [2.45, 2.75) is 26.2 Å². The number of carbonyl (C=O) groups excluding carboxylic acids is 1. The average molecular weight is 392 g/mol. The number of hydrogen-bond acceptors (Lipinski definition) is 6. The summed E-state index contributed by atoms with van der Waals surface area (Å²) in [6, 6.07) is 7.83. The van der Waals surface area contributed by atoms with Crippen molar-refractivity contribution >= 4 is 33.2 Å². The van der Waals surface area contributed by atoms with E-state index in [0.29, 0.717) is 18.2 Å². The predicted octanol–water partition coefficient (Wildman–Crippen LogP) is 3.31. The van der Waals surface area contributed by atoms with Crippen LogP contribution in [0.4, 0.5) is 0 Å². The molecule has 1 aromatic carbocycles. The van der Waals surface area contributed by atoms with Crippen molar-refractivity contribution in [2.24, 2.45) is 5.92 Å². The van der Waals surface area contributed by atoms with Crippen molar-refractivity contribution in [3.8, 4) is 0 Å². The fourth-order valence-electron chi connectivity index (χ4n) is 4.03. The van der Waals surface area contributed by atoms with Crippen LogP contribution in [0.15, 0.2) is 36.1 Å². The normalized spacial score (nSPS) is 20.1. The van der Waals surface area contributed by atoms with Gasteiger partial charge in [0.25, 0.3) is 11.7 Å². The summed E-state index contributed by atoms with van der Waals surface area (Å²) in [5.41, 5.74) is 5.46. The SMILES string of the molecule is Cc1cc([C@H]2CN(C(=O)c3ccc4ncsc4c3)CC[C@@H]2C)n2ncnc2n1. The van der Waals surface area contributed by atoms with Gasteiger partial charge in [-0.3, -0.25) is 4.79 Å². The molecule has 1 aliphatic heterocycles. The van der Waals surface area contributed by atoms with E-state index < -0.39 is 0 Å². The van der Waals surface area contributed by atoms with E-state index in [1.54, 1.807) is 11.3 Å². The van der Waals surface area contributed by atoms with Gasteiger partial charge in [0, 0.05) is 30.3 Å². The number of hydrogen-bond donors (Lipinski definition) is 0. The highest BCUT2D eigenvalue weighted by Gasteiger charge is 2.32. The van der Waals surface area contributed by atoms with Gasteiger partial charge in [-0.05, 0) is 43.5 Å². The lowest BCUT2D eigenvalue weighted by atomic mass is 9.84. The minimum atomic E-state index is 0.0767. The predicted molar refractivity (Wildman–Crippen MR) is 108 cm³/mol. The van der Waals surface area contributed by atoms with E-state index in [4.69, 9.17) is 0 Å². The second-order valence-electron chi connectivity index (χ2n) is 7.45. The van der Waals surface area contributed by atoms with Crippen LogP contribution in [-0.2, 0) is 0 Å². The number of carbonyl (C=O) groups is 1. The molecule has 142 valence electrons. The quantitative estimate of drug-likeness (QED) is 0.523. The fourth-order valence-corrected chi connectivity index (χ4v) is 4.75. The Morgan fingerprint density at radius 3 is 3.04 bits per heavy atom. The van der Waals surface area contributed by atoms with Crippen LogP contribution in [0.25, 0.3) is 16.0 Å². The molecule has 8 heteroatoms. The third-order valence-corrected chi connectivity index (χ3v) is 6.40. The minimum Gasteiger partial charge on any atom is -0.338 e. The summed E-state index contributed by atoms with van der Waals surface area (Å²) < 4.78 is 2.85. The van der Waals surface area contributed by atoms with Gasteiger partial charge in [-0.1, -0.05) is 6.92 Å².